The van der Waals surface area contributed by atoms with Crippen LogP contribution in [0.15, 0.2) is 168 Å². The molecular formula is C45H27NO. The van der Waals surface area contributed by atoms with Gasteiger partial charge in [-0.15, -0.1) is 0 Å². The fourth-order valence-electron chi connectivity index (χ4n) is 7.68. The highest BCUT2D eigenvalue weighted by atomic mass is 16.3. The Balaban J connectivity index is 1.35. The summed E-state index contributed by atoms with van der Waals surface area (Å²) in [6.45, 7) is 0. The number of rotatable bonds is 3. The molecule has 218 valence electrons. The molecule has 0 saturated carbocycles. The van der Waals surface area contributed by atoms with Gasteiger partial charge >= 0.3 is 0 Å². The average Bonchev–Trinajstić information content (AvgIpc) is 3.53. The first-order valence-corrected chi connectivity index (χ1v) is 16.1. The molecule has 0 aliphatic heterocycles. The molecule has 0 N–H and O–H groups in total. The van der Waals surface area contributed by atoms with Crippen molar-refractivity contribution in [2.45, 2.75) is 0 Å². The molecule has 0 bridgehead atoms. The van der Waals surface area contributed by atoms with E-state index in [2.05, 4.69) is 164 Å². The third kappa shape index (κ3) is 3.82. The molecule has 0 aliphatic rings. The lowest BCUT2D eigenvalue weighted by atomic mass is 9.85. The topological polar surface area (TPSA) is 26.0 Å². The highest BCUT2D eigenvalue weighted by Gasteiger charge is 2.22. The third-order valence-corrected chi connectivity index (χ3v) is 9.63. The maximum Gasteiger partial charge on any atom is 0.143 e. The minimum absolute atomic E-state index is 0.879. The van der Waals surface area contributed by atoms with Gasteiger partial charge in [-0.25, -0.2) is 4.98 Å². The number of hydrogen-bond donors (Lipinski definition) is 0. The molecule has 0 amide bonds. The second-order valence-corrected chi connectivity index (χ2v) is 12.2. The van der Waals surface area contributed by atoms with Crippen molar-refractivity contribution in [1.82, 2.24) is 4.98 Å². The number of para-hydroxylation sites is 2. The summed E-state index contributed by atoms with van der Waals surface area (Å²) in [5.41, 5.74) is 9.62. The van der Waals surface area contributed by atoms with E-state index in [0.29, 0.717) is 0 Å². The van der Waals surface area contributed by atoms with Crippen LogP contribution in [0.3, 0.4) is 0 Å². The maximum atomic E-state index is 6.93. The first kappa shape index (κ1) is 26.0. The largest absolute Gasteiger partial charge is 0.455 e. The van der Waals surface area contributed by atoms with Gasteiger partial charge in [0.1, 0.15) is 11.2 Å². The van der Waals surface area contributed by atoms with Crippen molar-refractivity contribution in [1.29, 1.82) is 0 Å². The van der Waals surface area contributed by atoms with Gasteiger partial charge < -0.3 is 4.42 Å². The molecule has 0 spiro atoms. The van der Waals surface area contributed by atoms with Crippen LogP contribution in [0.25, 0.3) is 98.7 Å². The van der Waals surface area contributed by atoms with Crippen LogP contribution in [0.2, 0.25) is 0 Å². The van der Waals surface area contributed by atoms with Crippen molar-refractivity contribution in [3.8, 4) is 33.5 Å². The van der Waals surface area contributed by atoms with Crippen LogP contribution < -0.4 is 0 Å². The maximum absolute atomic E-state index is 6.93. The standard InChI is InChI=1S/C45H27NO/c1-3-14-28(15-4-1)40-30-18-7-9-20-32(30)41(33-21-10-8-19-31(33)40)36-23-13-24-37-43-39(47-45(36)37)27-26-35-42(43)34-22-11-12-25-38(34)46-44(35)29-16-5-2-6-17-29/h1-27H. The van der Waals surface area contributed by atoms with Crippen molar-refractivity contribution in [3.63, 3.8) is 0 Å². The number of fused-ring (bicyclic) bond motifs is 9. The third-order valence-electron chi connectivity index (χ3n) is 9.63. The lowest BCUT2D eigenvalue weighted by molar-refractivity contribution is 0.670. The van der Waals surface area contributed by atoms with Gasteiger partial charge in [0.15, 0.2) is 0 Å². The molecule has 10 aromatic rings. The minimum Gasteiger partial charge on any atom is -0.455 e. The Hall–Kier alpha value is -6.25. The zero-order valence-corrected chi connectivity index (χ0v) is 25.4. The quantitative estimate of drug-likeness (QED) is 0.150. The Morgan fingerprint density at radius 2 is 0.915 bits per heavy atom. The molecule has 0 fully saturated rings. The number of aromatic nitrogens is 1. The molecule has 0 atom stereocenters. The van der Waals surface area contributed by atoms with Crippen LogP contribution >= 0.6 is 0 Å². The summed E-state index contributed by atoms with van der Waals surface area (Å²) < 4.78 is 6.93. The molecule has 10 rings (SSSR count). The van der Waals surface area contributed by atoms with Gasteiger partial charge in [0, 0.05) is 43.6 Å². The SMILES string of the molecule is c1ccc(-c2c3ccccc3c(-c3cccc4c3oc3ccc5c(-c6ccccc6)nc6ccccc6c5c34)c3ccccc23)cc1. The van der Waals surface area contributed by atoms with Gasteiger partial charge in [0.05, 0.1) is 11.2 Å². The zero-order valence-electron chi connectivity index (χ0n) is 25.4. The Labute approximate surface area is 271 Å². The molecule has 0 radical (unpaired) electrons. The normalized spacial score (nSPS) is 11.8. The predicted octanol–water partition coefficient (Wildman–Crippen LogP) is 12.6. The van der Waals surface area contributed by atoms with Gasteiger partial charge in [0.2, 0.25) is 0 Å². The van der Waals surface area contributed by atoms with E-state index in [-0.39, 0.29) is 0 Å². The van der Waals surface area contributed by atoms with Crippen LogP contribution in [-0.2, 0) is 0 Å². The summed E-state index contributed by atoms with van der Waals surface area (Å²) >= 11 is 0. The average molecular weight is 598 g/mol. The Morgan fingerprint density at radius 1 is 0.362 bits per heavy atom. The monoisotopic (exact) mass is 597 g/mol. The van der Waals surface area contributed by atoms with Crippen molar-refractivity contribution in [2.75, 3.05) is 0 Å². The van der Waals surface area contributed by atoms with Crippen molar-refractivity contribution in [3.05, 3.63) is 164 Å². The summed E-state index contributed by atoms with van der Waals surface area (Å²) in [7, 11) is 0. The van der Waals surface area contributed by atoms with Crippen molar-refractivity contribution < 1.29 is 4.42 Å². The number of nitrogens with zero attached hydrogens (tertiary/aromatic N) is 1. The van der Waals surface area contributed by atoms with E-state index in [1.165, 1.54) is 43.6 Å². The second-order valence-electron chi connectivity index (χ2n) is 12.2. The van der Waals surface area contributed by atoms with E-state index in [1.54, 1.807) is 0 Å². The van der Waals surface area contributed by atoms with Crippen molar-refractivity contribution in [2.24, 2.45) is 0 Å². The molecule has 0 unspecified atom stereocenters. The lowest BCUT2D eigenvalue weighted by Gasteiger charge is -2.17. The van der Waals surface area contributed by atoms with E-state index >= 15 is 0 Å². The molecular weight excluding hydrogens is 571 g/mol. The van der Waals surface area contributed by atoms with Crippen LogP contribution in [0.1, 0.15) is 0 Å². The number of benzene rings is 8. The van der Waals surface area contributed by atoms with Gasteiger partial charge in [0.25, 0.3) is 0 Å². The molecule has 8 aromatic carbocycles. The smallest absolute Gasteiger partial charge is 0.143 e. The minimum atomic E-state index is 0.879. The summed E-state index contributed by atoms with van der Waals surface area (Å²) in [6.07, 6.45) is 0. The molecule has 0 saturated heterocycles. The van der Waals surface area contributed by atoms with Gasteiger partial charge in [-0.2, -0.15) is 0 Å². The molecule has 2 aromatic heterocycles. The highest BCUT2D eigenvalue weighted by molar-refractivity contribution is 6.30. The van der Waals surface area contributed by atoms with Crippen LogP contribution in [0, 0.1) is 0 Å². The van der Waals surface area contributed by atoms with E-state index in [4.69, 9.17) is 9.40 Å². The van der Waals surface area contributed by atoms with Gasteiger partial charge in [-0.05, 0) is 50.9 Å². The summed E-state index contributed by atoms with van der Waals surface area (Å²) in [5.74, 6) is 0. The van der Waals surface area contributed by atoms with Gasteiger partial charge in [-0.3, -0.25) is 0 Å². The molecule has 2 heteroatoms. The van der Waals surface area contributed by atoms with Crippen LogP contribution in [0.4, 0.5) is 0 Å². The highest BCUT2D eigenvalue weighted by Crippen LogP contribution is 2.48. The molecule has 47 heavy (non-hydrogen) atoms. The molecule has 2 nitrogen and oxygen atoms in total. The number of furan rings is 1. The van der Waals surface area contributed by atoms with E-state index in [9.17, 15) is 0 Å². The summed E-state index contributed by atoms with van der Waals surface area (Å²) in [5, 5.41) is 10.6. The number of pyridine rings is 1. The fourth-order valence-corrected chi connectivity index (χ4v) is 7.68. The zero-order chi connectivity index (χ0) is 30.9. The van der Waals surface area contributed by atoms with Crippen LogP contribution in [0.5, 0.6) is 0 Å². The Kier molecular flexibility index (Phi) is 5.61. The molecule has 2 heterocycles. The fraction of sp³-hybridized carbons (Fsp3) is 0. The summed E-state index contributed by atoms with van der Waals surface area (Å²) in [6, 6.07) is 58.2. The molecule has 0 aliphatic carbocycles. The Bertz CT molecular complexity index is 2770. The van der Waals surface area contributed by atoms with Crippen LogP contribution in [-0.4, -0.2) is 4.98 Å². The predicted molar refractivity (Wildman–Crippen MR) is 198 cm³/mol. The second kappa shape index (κ2) is 10.1. The van der Waals surface area contributed by atoms with E-state index in [1.807, 2.05) is 0 Å². The van der Waals surface area contributed by atoms with Gasteiger partial charge in [-0.1, -0.05) is 146 Å². The summed E-state index contributed by atoms with van der Waals surface area (Å²) in [4.78, 5) is 5.18. The van der Waals surface area contributed by atoms with Crippen molar-refractivity contribution >= 4 is 65.2 Å². The van der Waals surface area contributed by atoms with E-state index in [0.717, 1.165) is 55.0 Å². The number of hydrogen-bond acceptors (Lipinski definition) is 2. The lowest BCUT2D eigenvalue weighted by Crippen LogP contribution is -1.91. The van der Waals surface area contributed by atoms with E-state index < -0.39 is 0 Å². The first-order valence-electron chi connectivity index (χ1n) is 16.1. The Morgan fingerprint density at radius 3 is 1.60 bits per heavy atom. The first-order chi connectivity index (χ1) is 23.3.